The summed E-state index contributed by atoms with van der Waals surface area (Å²) in [6.07, 6.45) is 1.70. The number of nitrogens with one attached hydrogen (secondary N) is 2. The number of aromatic nitrogens is 1. The van der Waals surface area contributed by atoms with Crippen molar-refractivity contribution in [3.05, 3.63) is 83.3 Å². The summed E-state index contributed by atoms with van der Waals surface area (Å²) in [6, 6.07) is 16.8. The molecule has 1 amide bonds. The zero-order valence-electron chi connectivity index (χ0n) is 13.2. The van der Waals surface area contributed by atoms with Crippen LogP contribution in [0.3, 0.4) is 0 Å². The Hall–Kier alpha value is -2.92. The van der Waals surface area contributed by atoms with Gasteiger partial charge in [0.1, 0.15) is 11.6 Å². The number of halogens is 2. The molecule has 0 unspecified atom stereocenters. The summed E-state index contributed by atoms with van der Waals surface area (Å²) in [6.45, 7) is 0. The van der Waals surface area contributed by atoms with Crippen LogP contribution in [0.2, 0.25) is 5.02 Å². The van der Waals surface area contributed by atoms with Crippen LogP contribution in [0, 0.1) is 5.82 Å². The number of carbonyl (C=O) groups excluding carboxylic acids is 1. The molecular formula is C19H15ClFN3O. The van der Waals surface area contributed by atoms with Crippen LogP contribution in [-0.2, 0) is 11.2 Å². The van der Waals surface area contributed by atoms with Gasteiger partial charge in [-0.05, 0) is 54.1 Å². The Balaban J connectivity index is 1.58. The second kappa shape index (κ2) is 7.77. The van der Waals surface area contributed by atoms with Gasteiger partial charge in [0, 0.05) is 10.7 Å². The van der Waals surface area contributed by atoms with Crippen molar-refractivity contribution >= 4 is 34.7 Å². The molecular weight excluding hydrogens is 341 g/mol. The molecule has 1 aromatic heterocycles. The van der Waals surface area contributed by atoms with E-state index in [9.17, 15) is 9.18 Å². The lowest BCUT2D eigenvalue weighted by molar-refractivity contribution is -0.115. The summed E-state index contributed by atoms with van der Waals surface area (Å²) >= 11 is 5.85. The van der Waals surface area contributed by atoms with Crippen molar-refractivity contribution in [3.63, 3.8) is 0 Å². The van der Waals surface area contributed by atoms with Gasteiger partial charge in [0.2, 0.25) is 5.91 Å². The standard InChI is InChI=1S/C19H15ClFN3O/c20-14-4-6-16(7-5-14)23-17-8-9-18(22-12-17)24-19(25)11-13-2-1-3-15(21)10-13/h1-10,12,23H,11H2,(H,22,24,25). The molecule has 0 saturated carbocycles. The topological polar surface area (TPSA) is 54.0 Å². The Bertz CT molecular complexity index is 867. The molecule has 0 aliphatic heterocycles. The van der Waals surface area contributed by atoms with E-state index in [-0.39, 0.29) is 18.1 Å². The lowest BCUT2D eigenvalue weighted by atomic mass is 10.1. The smallest absolute Gasteiger partial charge is 0.229 e. The molecule has 4 nitrogen and oxygen atoms in total. The van der Waals surface area contributed by atoms with Gasteiger partial charge in [-0.1, -0.05) is 23.7 Å². The first-order valence-electron chi connectivity index (χ1n) is 7.61. The van der Waals surface area contributed by atoms with Gasteiger partial charge in [0.15, 0.2) is 0 Å². The fourth-order valence-corrected chi connectivity index (χ4v) is 2.39. The predicted molar refractivity (Wildman–Crippen MR) is 97.7 cm³/mol. The number of amides is 1. The molecule has 2 N–H and O–H groups in total. The second-order valence-electron chi connectivity index (χ2n) is 5.42. The molecule has 3 rings (SSSR count). The quantitative estimate of drug-likeness (QED) is 0.691. The summed E-state index contributed by atoms with van der Waals surface area (Å²) in [5, 5.41) is 6.54. The largest absolute Gasteiger partial charge is 0.354 e. The maximum Gasteiger partial charge on any atom is 0.229 e. The van der Waals surface area contributed by atoms with Crippen molar-refractivity contribution in [1.29, 1.82) is 0 Å². The summed E-state index contributed by atoms with van der Waals surface area (Å²) in [5.74, 6) is -0.180. The molecule has 1 heterocycles. The first-order valence-corrected chi connectivity index (χ1v) is 7.99. The average Bonchev–Trinajstić information content (AvgIpc) is 2.59. The van der Waals surface area contributed by atoms with Gasteiger partial charge in [-0.25, -0.2) is 9.37 Å². The summed E-state index contributed by atoms with van der Waals surface area (Å²) < 4.78 is 13.1. The second-order valence-corrected chi connectivity index (χ2v) is 5.86. The van der Waals surface area contributed by atoms with Crippen molar-refractivity contribution < 1.29 is 9.18 Å². The number of pyridine rings is 1. The minimum atomic E-state index is -0.360. The molecule has 0 radical (unpaired) electrons. The van der Waals surface area contributed by atoms with Crippen molar-refractivity contribution in [2.75, 3.05) is 10.6 Å². The zero-order chi connectivity index (χ0) is 17.6. The van der Waals surface area contributed by atoms with Gasteiger partial charge >= 0.3 is 0 Å². The van der Waals surface area contributed by atoms with Crippen LogP contribution < -0.4 is 10.6 Å². The molecule has 3 aromatic rings. The van der Waals surface area contributed by atoms with Crippen molar-refractivity contribution in [3.8, 4) is 0 Å². The fourth-order valence-electron chi connectivity index (χ4n) is 2.26. The van der Waals surface area contributed by atoms with Gasteiger partial charge in [0.05, 0.1) is 18.3 Å². The molecule has 6 heteroatoms. The van der Waals surface area contributed by atoms with Crippen molar-refractivity contribution in [1.82, 2.24) is 4.98 Å². The number of hydrogen-bond acceptors (Lipinski definition) is 3. The fraction of sp³-hybridized carbons (Fsp3) is 0.0526. The van der Waals surface area contributed by atoms with E-state index >= 15 is 0 Å². The van der Waals surface area contributed by atoms with Crippen LogP contribution in [0.5, 0.6) is 0 Å². The minimum Gasteiger partial charge on any atom is -0.354 e. The normalized spacial score (nSPS) is 10.3. The summed E-state index contributed by atoms with van der Waals surface area (Å²) in [4.78, 5) is 16.2. The predicted octanol–water partition coefficient (Wildman–Crippen LogP) is 4.80. The first kappa shape index (κ1) is 16.9. The van der Waals surface area contributed by atoms with Gasteiger partial charge < -0.3 is 10.6 Å². The van der Waals surface area contributed by atoms with E-state index in [0.717, 1.165) is 11.4 Å². The first-order chi connectivity index (χ1) is 12.1. The van der Waals surface area contributed by atoms with E-state index in [1.807, 2.05) is 12.1 Å². The number of nitrogens with zero attached hydrogens (tertiary/aromatic N) is 1. The Labute approximate surface area is 149 Å². The van der Waals surface area contributed by atoms with Crippen LogP contribution in [0.25, 0.3) is 0 Å². The molecule has 0 atom stereocenters. The van der Waals surface area contributed by atoms with E-state index in [4.69, 9.17) is 11.6 Å². The third-order valence-corrected chi connectivity index (χ3v) is 3.67. The SMILES string of the molecule is O=C(Cc1cccc(F)c1)Nc1ccc(Nc2ccc(Cl)cc2)cn1. The molecule has 0 bridgehead atoms. The summed E-state index contributed by atoms with van der Waals surface area (Å²) in [7, 11) is 0. The van der Waals surface area contributed by atoms with Crippen LogP contribution in [-0.4, -0.2) is 10.9 Å². The van der Waals surface area contributed by atoms with Crippen molar-refractivity contribution in [2.24, 2.45) is 0 Å². The molecule has 0 aliphatic carbocycles. The van der Waals surface area contributed by atoms with Gasteiger partial charge in [0.25, 0.3) is 0 Å². The Morgan fingerprint density at radius 2 is 1.80 bits per heavy atom. The van der Waals surface area contributed by atoms with E-state index in [1.54, 1.807) is 42.6 Å². The monoisotopic (exact) mass is 355 g/mol. The molecule has 0 spiro atoms. The lowest BCUT2D eigenvalue weighted by Gasteiger charge is -2.08. The number of benzene rings is 2. The Kier molecular flexibility index (Phi) is 5.26. The van der Waals surface area contributed by atoms with E-state index < -0.39 is 0 Å². The number of hydrogen-bond donors (Lipinski definition) is 2. The van der Waals surface area contributed by atoms with Crippen LogP contribution in [0.15, 0.2) is 66.9 Å². The molecule has 25 heavy (non-hydrogen) atoms. The highest BCUT2D eigenvalue weighted by atomic mass is 35.5. The Morgan fingerprint density at radius 1 is 1.04 bits per heavy atom. The molecule has 2 aromatic carbocycles. The number of carbonyl (C=O) groups is 1. The third-order valence-electron chi connectivity index (χ3n) is 3.42. The summed E-state index contributed by atoms with van der Waals surface area (Å²) in [5.41, 5.74) is 2.28. The van der Waals surface area contributed by atoms with Crippen LogP contribution in [0.4, 0.5) is 21.6 Å². The average molecular weight is 356 g/mol. The van der Waals surface area contributed by atoms with Crippen molar-refractivity contribution in [2.45, 2.75) is 6.42 Å². The number of anilines is 3. The Morgan fingerprint density at radius 3 is 2.48 bits per heavy atom. The number of rotatable bonds is 5. The molecule has 0 saturated heterocycles. The third kappa shape index (κ3) is 5.02. The minimum absolute atomic E-state index is 0.0875. The van der Waals surface area contributed by atoms with Gasteiger partial charge in [-0.15, -0.1) is 0 Å². The maximum absolute atomic E-state index is 13.1. The molecule has 126 valence electrons. The van der Waals surface area contributed by atoms with Crippen LogP contribution >= 0.6 is 11.6 Å². The van der Waals surface area contributed by atoms with E-state index in [0.29, 0.717) is 16.4 Å². The highest BCUT2D eigenvalue weighted by Gasteiger charge is 2.06. The highest BCUT2D eigenvalue weighted by molar-refractivity contribution is 6.30. The van der Waals surface area contributed by atoms with E-state index in [2.05, 4.69) is 15.6 Å². The highest BCUT2D eigenvalue weighted by Crippen LogP contribution is 2.19. The molecule has 0 fully saturated rings. The van der Waals surface area contributed by atoms with Gasteiger partial charge in [-0.3, -0.25) is 4.79 Å². The van der Waals surface area contributed by atoms with E-state index in [1.165, 1.54) is 12.1 Å². The van der Waals surface area contributed by atoms with Crippen LogP contribution in [0.1, 0.15) is 5.56 Å². The van der Waals surface area contributed by atoms with Gasteiger partial charge in [-0.2, -0.15) is 0 Å². The lowest BCUT2D eigenvalue weighted by Crippen LogP contribution is -2.15. The maximum atomic E-state index is 13.1. The molecule has 0 aliphatic rings. The zero-order valence-corrected chi connectivity index (χ0v) is 13.9.